The maximum atomic E-state index is 13.1. The van der Waals surface area contributed by atoms with Crippen molar-refractivity contribution in [3.8, 4) is 0 Å². The highest BCUT2D eigenvalue weighted by Gasteiger charge is 2.24. The Morgan fingerprint density at radius 2 is 2.00 bits per heavy atom. The number of amides is 1. The van der Waals surface area contributed by atoms with Crippen LogP contribution in [0.3, 0.4) is 0 Å². The molecule has 0 fully saturated rings. The molecule has 0 bridgehead atoms. The molecule has 0 aliphatic heterocycles. The highest BCUT2D eigenvalue weighted by molar-refractivity contribution is 5.92. The number of carboxylic acid groups (broad SMARTS) is 1. The molecule has 0 spiro atoms. The van der Waals surface area contributed by atoms with E-state index in [0.29, 0.717) is 5.69 Å². The van der Waals surface area contributed by atoms with Gasteiger partial charge in [0.15, 0.2) is 0 Å². The van der Waals surface area contributed by atoms with Gasteiger partial charge in [-0.2, -0.15) is 0 Å². The number of carbonyl (C=O) groups excluding carboxylic acids is 1. The zero-order valence-corrected chi connectivity index (χ0v) is 12.5. The Kier molecular flexibility index (Phi) is 5.84. The van der Waals surface area contributed by atoms with E-state index in [1.54, 1.807) is 11.0 Å². The Morgan fingerprint density at radius 3 is 2.52 bits per heavy atom. The molecule has 1 aromatic rings. The van der Waals surface area contributed by atoms with Gasteiger partial charge in [-0.05, 0) is 39.0 Å². The molecule has 21 heavy (non-hydrogen) atoms. The summed E-state index contributed by atoms with van der Waals surface area (Å²) in [5.41, 5.74) is 0.0430. The molecule has 0 heterocycles. The third kappa shape index (κ3) is 6.35. The topological polar surface area (TPSA) is 69.6 Å². The summed E-state index contributed by atoms with van der Waals surface area (Å²) >= 11 is 0. The number of anilines is 1. The van der Waals surface area contributed by atoms with E-state index in [-0.39, 0.29) is 31.0 Å². The number of nitrogens with one attached hydrogen (secondary N) is 1. The van der Waals surface area contributed by atoms with Gasteiger partial charge in [-0.3, -0.25) is 14.5 Å². The van der Waals surface area contributed by atoms with Crippen molar-refractivity contribution < 1.29 is 19.1 Å². The molecule has 0 radical (unpaired) electrons. The Morgan fingerprint density at radius 1 is 1.33 bits per heavy atom. The van der Waals surface area contributed by atoms with Crippen molar-refractivity contribution in [2.45, 2.75) is 32.7 Å². The number of rotatable bonds is 6. The van der Waals surface area contributed by atoms with Gasteiger partial charge in [0.1, 0.15) is 5.82 Å². The van der Waals surface area contributed by atoms with Crippen LogP contribution in [0.2, 0.25) is 0 Å². The monoisotopic (exact) mass is 296 g/mol. The molecule has 0 unspecified atom stereocenters. The molecule has 1 aromatic carbocycles. The van der Waals surface area contributed by atoms with Gasteiger partial charge in [0.2, 0.25) is 5.91 Å². The zero-order chi connectivity index (χ0) is 16.0. The molecule has 0 aromatic heterocycles. The highest BCUT2D eigenvalue weighted by atomic mass is 19.1. The first kappa shape index (κ1) is 17.1. The predicted molar refractivity (Wildman–Crippen MR) is 78.6 cm³/mol. The Balaban J connectivity index is 2.65. The minimum atomic E-state index is -0.908. The number of hydrogen-bond donors (Lipinski definition) is 2. The van der Waals surface area contributed by atoms with Crippen LogP contribution < -0.4 is 5.32 Å². The number of carbonyl (C=O) groups is 2. The molecule has 0 aliphatic rings. The van der Waals surface area contributed by atoms with E-state index >= 15 is 0 Å². The van der Waals surface area contributed by atoms with E-state index in [4.69, 9.17) is 5.11 Å². The number of halogens is 1. The molecular weight excluding hydrogens is 275 g/mol. The fraction of sp³-hybridized carbons (Fsp3) is 0.467. The second-order valence-electron chi connectivity index (χ2n) is 5.79. The highest BCUT2D eigenvalue weighted by Crippen LogP contribution is 2.14. The summed E-state index contributed by atoms with van der Waals surface area (Å²) in [4.78, 5) is 24.5. The van der Waals surface area contributed by atoms with Crippen molar-refractivity contribution in [2.24, 2.45) is 0 Å². The third-order valence-electron chi connectivity index (χ3n) is 2.99. The van der Waals surface area contributed by atoms with Gasteiger partial charge in [-0.25, -0.2) is 4.39 Å². The largest absolute Gasteiger partial charge is 0.481 e. The number of hydrogen-bond acceptors (Lipinski definition) is 3. The first-order valence-corrected chi connectivity index (χ1v) is 6.71. The van der Waals surface area contributed by atoms with Crippen molar-refractivity contribution in [2.75, 3.05) is 18.4 Å². The van der Waals surface area contributed by atoms with Crippen molar-refractivity contribution in [1.29, 1.82) is 0 Å². The van der Waals surface area contributed by atoms with E-state index in [9.17, 15) is 14.0 Å². The molecule has 0 atom stereocenters. The molecular formula is C15H21FN2O3. The Labute approximate surface area is 123 Å². The molecule has 116 valence electrons. The summed E-state index contributed by atoms with van der Waals surface area (Å²) in [6.07, 6.45) is -0.0372. The van der Waals surface area contributed by atoms with Crippen LogP contribution in [-0.4, -0.2) is 40.5 Å². The first-order chi connectivity index (χ1) is 9.68. The normalized spacial score (nSPS) is 11.5. The van der Waals surface area contributed by atoms with E-state index in [0.717, 1.165) is 0 Å². The Bertz CT molecular complexity index is 512. The minimum absolute atomic E-state index is 0.0372. The van der Waals surface area contributed by atoms with Crippen molar-refractivity contribution in [3.05, 3.63) is 30.1 Å². The average molecular weight is 296 g/mol. The van der Waals surface area contributed by atoms with Crippen LogP contribution in [0.25, 0.3) is 0 Å². The summed E-state index contributed by atoms with van der Waals surface area (Å²) in [6, 6.07) is 5.64. The van der Waals surface area contributed by atoms with E-state index in [2.05, 4.69) is 5.32 Å². The molecule has 6 heteroatoms. The lowest BCUT2D eigenvalue weighted by Crippen LogP contribution is -2.46. The van der Waals surface area contributed by atoms with Crippen LogP contribution in [0.1, 0.15) is 27.2 Å². The van der Waals surface area contributed by atoms with Crippen LogP contribution in [0.5, 0.6) is 0 Å². The molecule has 1 rings (SSSR count). The summed E-state index contributed by atoms with van der Waals surface area (Å²) in [6.45, 7) is 6.04. The smallest absolute Gasteiger partial charge is 0.304 e. The van der Waals surface area contributed by atoms with Crippen LogP contribution in [-0.2, 0) is 9.59 Å². The number of carboxylic acids is 1. The van der Waals surface area contributed by atoms with Gasteiger partial charge in [0.05, 0.1) is 13.0 Å². The van der Waals surface area contributed by atoms with Gasteiger partial charge in [-0.15, -0.1) is 0 Å². The van der Waals surface area contributed by atoms with Gasteiger partial charge >= 0.3 is 5.97 Å². The summed E-state index contributed by atoms with van der Waals surface area (Å²) in [7, 11) is 0. The lowest BCUT2D eigenvalue weighted by molar-refractivity contribution is -0.138. The third-order valence-corrected chi connectivity index (χ3v) is 2.99. The van der Waals surface area contributed by atoms with Crippen molar-refractivity contribution in [3.63, 3.8) is 0 Å². The first-order valence-electron chi connectivity index (χ1n) is 6.71. The van der Waals surface area contributed by atoms with Crippen LogP contribution >= 0.6 is 0 Å². The minimum Gasteiger partial charge on any atom is -0.481 e. The molecule has 0 saturated carbocycles. The summed E-state index contributed by atoms with van der Waals surface area (Å²) in [5, 5.41) is 11.4. The molecule has 5 nitrogen and oxygen atoms in total. The molecule has 2 N–H and O–H groups in total. The van der Waals surface area contributed by atoms with E-state index in [1.165, 1.54) is 18.2 Å². The lowest BCUT2D eigenvalue weighted by Gasteiger charge is -2.34. The van der Waals surface area contributed by atoms with Crippen molar-refractivity contribution in [1.82, 2.24) is 4.90 Å². The predicted octanol–water partition coefficient (Wildman–Crippen LogP) is 2.34. The van der Waals surface area contributed by atoms with E-state index < -0.39 is 11.8 Å². The second kappa shape index (κ2) is 7.17. The zero-order valence-electron chi connectivity index (χ0n) is 12.5. The van der Waals surface area contributed by atoms with Crippen LogP contribution in [0, 0.1) is 5.82 Å². The Hall–Kier alpha value is -1.95. The second-order valence-corrected chi connectivity index (χ2v) is 5.79. The van der Waals surface area contributed by atoms with E-state index in [1.807, 2.05) is 20.8 Å². The average Bonchev–Trinajstić information content (AvgIpc) is 2.32. The number of aliphatic carboxylic acids is 1. The van der Waals surface area contributed by atoms with Gasteiger partial charge in [0, 0.05) is 17.8 Å². The quantitative estimate of drug-likeness (QED) is 0.845. The maximum Gasteiger partial charge on any atom is 0.304 e. The SMILES string of the molecule is CC(C)(C)N(CCC(=O)O)CC(=O)Nc1cccc(F)c1. The molecule has 0 aliphatic carbocycles. The van der Waals surface area contributed by atoms with Crippen LogP contribution in [0.15, 0.2) is 24.3 Å². The van der Waals surface area contributed by atoms with Crippen molar-refractivity contribution >= 4 is 17.6 Å². The van der Waals surface area contributed by atoms with Gasteiger partial charge < -0.3 is 10.4 Å². The number of benzene rings is 1. The van der Waals surface area contributed by atoms with Crippen LogP contribution in [0.4, 0.5) is 10.1 Å². The van der Waals surface area contributed by atoms with Gasteiger partial charge in [0.25, 0.3) is 0 Å². The maximum absolute atomic E-state index is 13.1. The van der Waals surface area contributed by atoms with Gasteiger partial charge in [-0.1, -0.05) is 6.07 Å². The molecule has 0 saturated heterocycles. The lowest BCUT2D eigenvalue weighted by atomic mass is 10.1. The fourth-order valence-electron chi connectivity index (χ4n) is 1.82. The summed E-state index contributed by atoms with van der Waals surface area (Å²) in [5.74, 6) is -1.64. The summed E-state index contributed by atoms with van der Waals surface area (Å²) < 4.78 is 13.1. The fourth-order valence-corrected chi connectivity index (χ4v) is 1.82. The molecule has 1 amide bonds. The number of nitrogens with zero attached hydrogens (tertiary/aromatic N) is 1. The standard InChI is InChI=1S/C15H21FN2O3/c1-15(2,3)18(8-7-14(20)21)10-13(19)17-12-6-4-5-11(16)9-12/h4-6,9H,7-8,10H2,1-3H3,(H,17,19)(H,20,21).